The van der Waals surface area contributed by atoms with Crippen molar-refractivity contribution in [1.29, 1.82) is 0 Å². The van der Waals surface area contributed by atoms with Gasteiger partial charge in [0.05, 0.1) is 19.7 Å². The molecule has 0 spiro atoms. The molecule has 5 rings (SSSR count). The Kier molecular flexibility index (Phi) is 6.28. The summed E-state index contributed by atoms with van der Waals surface area (Å²) in [6, 6.07) is 16.5. The molecule has 0 bridgehead atoms. The molecule has 9 heteroatoms. The molecule has 1 aliphatic heterocycles. The molecule has 9 nitrogen and oxygen atoms in total. The molecule has 1 aliphatic rings. The zero-order valence-electron chi connectivity index (χ0n) is 20.1. The molecule has 184 valence electrons. The number of pyridine rings is 1. The molecule has 36 heavy (non-hydrogen) atoms. The van der Waals surface area contributed by atoms with Crippen molar-refractivity contribution in [2.75, 3.05) is 25.7 Å². The zero-order chi connectivity index (χ0) is 25.2. The first-order valence-corrected chi connectivity index (χ1v) is 11.7. The number of nitrogens with zero attached hydrogens (tertiary/aromatic N) is 4. The van der Waals surface area contributed by atoms with Crippen molar-refractivity contribution in [3.05, 3.63) is 92.8 Å². The fourth-order valence-corrected chi connectivity index (χ4v) is 4.69. The van der Waals surface area contributed by atoms with E-state index >= 15 is 0 Å². The molecule has 1 amide bonds. The van der Waals surface area contributed by atoms with Crippen LogP contribution in [0.1, 0.15) is 11.1 Å². The monoisotopic (exact) mass is 486 g/mol. The minimum atomic E-state index is -0.540. The summed E-state index contributed by atoms with van der Waals surface area (Å²) in [5.74, 6) is 0.950. The van der Waals surface area contributed by atoms with Gasteiger partial charge in [-0.3, -0.25) is 18.7 Å². The number of benzene rings is 2. The summed E-state index contributed by atoms with van der Waals surface area (Å²) in [5, 5.41) is 0. The van der Waals surface area contributed by atoms with Crippen LogP contribution in [-0.2, 0) is 30.7 Å². The van der Waals surface area contributed by atoms with E-state index in [1.165, 1.54) is 10.8 Å². The number of carbonyl (C=O) groups is 1. The summed E-state index contributed by atoms with van der Waals surface area (Å²) in [7, 11) is 3.11. The Balaban J connectivity index is 1.49. The van der Waals surface area contributed by atoms with Crippen LogP contribution in [-0.4, -0.2) is 40.8 Å². The summed E-state index contributed by atoms with van der Waals surface area (Å²) < 4.78 is 13.1. The number of hydrogen-bond donors (Lipinski definition) is 0. The summed E-state index contributed by atoms with van der Waals surface area (Å²) >= 11 is 0. The third-order valence-electron chi connectivity index (χ3n) is 6.54. The van der Waals surface area contributed by atoms with E-state index in [9.17, 15) is 14.4 Å². The minimum absolute atomic E-state index is 0.125. The number of amides is 1. The SMILES string of the molecule is COc1ccc(CCn2c(=O)c3ncccc3n(CC(=O)N3CCc4ccccc43)c2=O)cc1OC. The van der Waals surface area contributed by atoms with Crippen molar-refractivity contribution in [3.8, 4) is 11.5 Å². The number of aryl methyl sites for hydroxylation is 1. The lowest BCUT2D eigenvalue weighted by Crippen LogP contribution is -2.44. The lowest BCUT2D eigenvalue weighted by molar-refractivity contribution is -0.119. The number of methoxy groups -OCH3 is 2. The highest BCUT2D eigenvalue weighted by atomic mass is 16.5. The zero-order valence-corrected chi connectivity index (χ0v) is 20.1. The van der Waals surface area contributed by atoms with E-state index < -0.39 is 11.2 Å². The topological polar surface area (TPSA) is 95.7 Å². The van der Waals surface area contributed by atoms with Gasteiger partial charge in [0.1, 0.15) is 6.54 Å². The average Bonchev–Trinajstić information content (AvgIpc) is 3.35. The predicted octanol–water partition coefficient (Wildman–Crippen LogP) is 2.41. The molecule has 0 saturated carbocycles. The van der Waals surface area contributed by atoms with E-state index in [0.717, 1.165) is 27.8 Å². The maximum Gasteiger partial charge on any atom is 0.332 e. The summed E-state index contributed by atoms with van der Waals surface area (Å²) in [6.07, 6.45) is 2.68. The van der Waals surface area contributed by atoms with Crippen LogP contribution in [0.3, 0.4) is 0 Å². The van der Waals surface area contributed by atoms with Crippen molar-refractivity contribution in [3.63, 3.8) is 0 Å². The first-order chi connectivity index (χ1) is 17.5. The van der Waals surface area contributed by atoms with Crippen LogP contribution in [0.4, 0.5) is 5.69 Å². The summed E-state index contributed by atoms with van der Waals surface area (Å²) in [4.78, 5) is 46.0. The number of fused-ring (bicyclic) bond motifs is 2. The number of aromatic nitrogens is 3. The van der Waals surface area contributed by atoms with Gasteiger partial charge >= 0.3 is 5.69 Å². The highest BCUT2D eigenvalue weighted by molar-refractivity contribution is 5.95. The number of anilines is 1. The molecule has 0 atom stereocenters. The molecular formula is C27H26N4O5. The number of para-hydroxylation sites is 1. The fourth-order valence-electron chi connectivity index (χ4n) is 4.69. The third kappa shape index (κ3) is 4.13. The van der Waals surface area contributed by atoms with E-state index in [-0.39, 0.29) is 24.5 Å². The Morgan fingerprint density at radius 1 is 0.972 bits per heavy atom. The number of carbonyl (C=O) groups excluding carboxylic acids is 1. The van der Waals surface area contributed by atoms with Crippen LogP contribution < -0.4 is 25.6 Å². The molecular weight excluding hydrogens is 460 g/mol. The molecule has 0 fully saturated rings. The summed E-state index contributed by atoms with van der Waals surface area (Å²) in [5.41, 5.74) is 2.31. The second kappa shape index (κ2) is 9.69. The standard InChI is InChI=1S/C27H26N4O5/c1-35-22-10-9-18(16-23(22)36-2)11-14-30-26(33)25-21(8-5-13-28-25)31(27(30)34)17-24(32)29-15-12-19-6-3-4-7-20(19)29/h3-10,13,16H,11-12,14-15,17H2,1-2H3. The third-order valence-corrected chi connectivity index (χ3v) is 6.54. The van der Waals surface area contributed by atoms with Gasteiger partial charge < -0.3 is 14.4 Å². The largest absolute Gasteiger partial charge is 0.493 e. The van der Waals surface area contributed by atoms with E-state index in [0.29, 0.717) is 30.0 Å². The van der Waals surface area contributed by atoms with Gasteiger partial charge in [0.25, 0.3) is 5.56 Å². The van der Waals surface area contributed by atoms with Gasteiger partial charge in [-0.25, -0.2) is 9.78 Å². The molecule has 0 aliphatic carbocycles. The first-order valence-electron chi connectivity index (χ1n) is 11.7. The minimum Gasteiger partial charge on any atom is -0.493 e. The Morgan fingerprint density at radius 2 is 1.78 bits per heavy atom. The Labute approximate surface area is 207 Å². The van der Waals surface area contributed by atoms with Gasteiger partial charge in [-0.05, 0) is 54.3 Å². The second-order valence-electron chi connectivity index (χ2n) is 8.56. The molecule has 2 aromatic carbocycles. The van der Waals surface area contributed by atoms with Crippen LogP contribution in [0.15, 0.2) is 70.4 Å². The second-order valence-corrected chi connectivity index (χ2v) is 8.56. The van der Waals surface area contributed by atoms with E-state index in [1.807, 2.05) is 36.4 Å². The van der Waals surface area contributed by atoms with E-state index in [2.05, 4.69) is 4.98 Å². The molecule has 0 N–H and O–H groups in total. The van der Waals surface area contributed by atoms with Crippen LogP contribution in [0.2, 0.25) is 0 Å². The Bertz CT molecular complexity index is 1570. The van der Waals surface area contributed by atoms with Gasteiger partial charge in [-0.1, -0.05) is 24.3 Å². The Morgan fingerprint density at radius 3 is 2.58 bits per heavy atom. The predicted molar refractivity (Wildman–Crippen MR) is 136 cm³/mol. The summed E-state index contributed by atoms with van der Waals surface area (Å²) in [6.45, 7) is 0.495. The number of hydrogen-bond acceptors (Lipinski definition) is 6. The van der Waals surface area contributed by atoms with Crippen molar-refractivity contribution in [1.82, 2.24) is 14.1 Å². The lowest BCUT2D eigenvalue weighted by Gasteiger charge is -2.19. The van der Waals surface area contributed by atoms with Crippen LogP contribution in [0.5, 0.6) is 11.5 Å². The van der Waals surface area contributed by atoms with Crippen LogP contribution in [0.25, 0.3) is 11.0 Å². The van der Waals surface area contributed by atoms with Gasteiger partial charge in [0.15, 0.2) is 17.0 Å². The van der Waals surface area contributed by atoms with Gasteiger partial charge in [-0.15, -0.1) is 0 Å². The smallest absolute Gasteiger partial charge is 0.332 e. The van der Waals surface area contributed by atoms with Crippen molar-refractivity contribution < 1.29 is 14.3 Å². The molecule has 3 heterocycles. The lowest BCUT2D eigenvalue weighted by atomic mass is 10.1. The van der Waals surface area contributed by atoms with Gasteiger partial charge in [0.2, 0.25) is 5.91 Å². The molecule has 0 unspecified atom stereocenters. The van der Waals surface area contributed by atoms with Crippen molar-refractivity contribution in [2.45, 2.75) is 25.9 Å². The quantitative estimate of drug-likeness (QED) is 0.398. The Hall–Kier alpha value is -4.40. The van der Waals surface area contributed by atoms with Crippen molar-refractivity contribution >= 4 is 22.6 Å². The molecule has 0 saturated heterocycles. The molecule has 0 radical (unpaired) electrons. The van der Waals surface area contributed by atoms with E-state index in [4.69, 9.17) is 9.47 Å². The van der Waals surface area contributed by atoms with Gasteiger partial charge in [-0.2, -0.15) is 0 Å². The maximum absolute atomic E-state index is 13.5. The first kappa shape index (κ1) is 23.3. The normalized spacial score (nSPS) is 12.6. The highest BCUT2D eigenvalue weighted by Crippen LogP contribution is 2.28. The highest BCUT2D eigenvalue weighted by Gasteiger charge is 2.26. The molecule has 2 aromatic heterocycles. The molecule has 4 aromatic rings. The average molecular weight is 487 g/mol. The van der Waals surface area contributed by atoms with Crippen LogP contribution in [0, 0.1) is 0 Å². The number of rotatable bonds is 7. The fraction of sp³-hybridized carbons (Fsp3) is 0.259. The maximum atomic E-state index is 13.5. The van der Waals surface area contributed by atoms with Gasteiger partial charge in [0, 0.05) is 25.0 Å². The van der Waals surface area contributed by atoms with Crippen molar-refractivity contribution in [2.24, 2.45) is 0 Å². The van der Waals surface area contributed by atoms with E-state index in [1.54, 1.807) is 37.3 Å². The van der Waals surface area contributed by atoms with Crippen LogP contribution >= 0.6 is 0 Å². The number of ether oxygens (including phenoxy) is 2.